The van der Waals surface area contributed by atoms with Gasteiger partial charge in [-0.15, -0.1) is 11.3 Å². The van der Waals surface area contributed by atoms with Crippen molar-refractivity contribution in [2.75, 3.05) is 19.2 Å². The number of pyridine rings is 2. The lowest BCUT2D eigenvalue weighted by atomic mass is 9.95. The molecule has 0 saturated heterocycles. The van der Waals surface area contributed by atoms with Crippen LogP contribution in [0.1, 0.15) is 49.6 Å². The van der Waals surface area contributed by atoms with E-state index in [1.807, 2.05) is 12.1 Å². The summed E-state index contributed by atoms with van der Waals surface area (Å²) in [6.45, 7) is 0.280. The molecule has 0 fully saturated rings. The first kappa shape index (κ1) is 26.0. The van der Waals surface area contributed by atoms with Gasteiger partial charge in [-0.3, -0.25) is 24.2 Å². The molecule has 42 heavy (non-hydrogen) atoms. The maximum Gasteiger partial charge on any atom is 0.267 e. The fourth-order valence-corrected chi connectivity index (χ4v) is 6.91. The zero-order valence-corrected chi connectivity index (χ0v) is 23.5. The van der Waals surface area contributed by atoms with E-state index in [1.165, 1.54) is 21.8 Å². The van der Waals surface area contributed by atoms with Gasteiger partial charge in [0.05, 0.1) is 23.1 Å². The number of thiophene rings is 1. The Bertz CT molecular complexity index is 2060. The Labute approximate surface area is 242 Å². The van der Waals surface area contributed by atoms with E-state index in [0.29, 0.717) is 27.7 Å². The van der Waals surface area contributed by atoms with Gasteiger partial charge < -0.3 is 24.7 Å². The monoisotopic (exact) mass is 582 g/mol. The molecule has 0 radical (unpaired) electrons. The van der Waals surface area contributed by atoms with Gasteiger partial charge in [-0.1, -0.05) is 12.1 Å². The van der Waals surface area contributed by atoms with Crippen LogP contribution >= 0.6 is 11.3 Å². The smallest absolute Gasteiger partial charge is 0.267 e. The van der Waals surface area contributed by atoms with E-state index >= 15 is 0 Å². The average Bonchev–Trinajstić information content (AvgIpc) is 3.62. The first-order valence-electron chi connectivity index (χ1n) is 13.6. The van der Waals surface area contributed by atoms with Crippen LogP contribution in [0.4, 0.5) is 5.00 Å². The first-order valence-corrected chi connectivity index (χ1v) is 14.4. The Hall–Kier alpha value is -4.97. The molecule has 4 aromatic heterocycles. The van der Waals surface area contributed by atoms with Crippen molar-refractivity contribution in [1.29, 1.82) is 5.41 Å². The molecule has 0 atom stereocenters. The molecule has 5 aromatic rings. The highest BCUT2D eigenvalue weighted by atomic mass is 32.1. The van der Waals surface area contributed by atoms with Gasteiger partial charge in [0.25, 0.3) is 17.4 Å². The predicted molar refractivity (Wildman–Crippen MR) is 157 cm³/mol. The summed E-state index contributed by atoms with van der Waals surface area (Å²) in [4.78, 5) is 46.2. The lowest BCUT2D eigenvalue weighted by molar-refractivity contribution is 0.0963. The van der Waals surface area contributed by atoms with E-state index in [1.54, 1.807) is 42.1 Å². The number of anilines is 1. The minimum Gasteiger partial charge on any atom is -0.454 e. The van der Waals surface area contributed by atoms with Crippen molar-refractivity contribution in [3.05, 3.63) is 91.6 Å². The number of nitrogens with zero attached hydrogens (tertiary/aromatic N) is 3. The summed E-state index contributed by atoms with van der Waals surface area (Å²) in [6.07, 6.45) is 5.25. The molecule has 0 bridgehead atoms. The largest absolute Gasteiger partial charge is 0.454 e. The molecule has 212 valence electrons. The summed E-state index contributed by atoms with van der Waals surface area (Å²) in [5, 5.41) is 15.4. The van der Waals surface area contributed by atoms with Gasteiger partial charge in [0.15, 0.2) is 11.5 Å². The van der Waals surface area contributed by atoms with Crippen LogP contribution in [0.15, 0.2) is 53.5 Å². The minimum atomic E-state index is -0.581. The number of carbonyl (C=O) groups is 2. The third-order valence-electron chi connectivity index (χ3n) is 7.69. The van der Waals surface area contributed by atoms with E-state index in [0.717, 1.165) is 41.7 Å². The molecule has 1 aliphatic carbocycles. The molecule has 5 heterocycles. The lowest BCUT2D eigenvalue weighted by Crippen LogP contribution is -2.32. The Morgan fingerprint density at radius 2 is 1.90 bits per heavy atom. The van der Waals surface area contributed by atoms with Gasteiger partial charge in [-0.05, 0) is 67.1 Å². The van der Waals surface area contributed by atoms with E-state index in [9.17, 15) is 14.4 Å². The van der Waals surface area contributed by atoms with Gasteiger partial charge in [0, 0.05) is 18.1 Å². The SMILES string of the molecule is CNC(=O)c1c(NC(=O)c2cc3c(=O)n4ccccc4nc3n(Cc3ccc4c(c3)OCO4)c2=N)sc2c1CCCC2. The second-order valence-electron chi connectivity index (χ2n) is 10.2. The van der Waals surface area contributed by atoms with Crippen molar-refractivity contribution in [2.45, 2.75) is 32.2 Å². The van der Waals surface area contributed by atoms with E-state index in [-0.39, 0.29) is 46.9 Å². The Kier molecular flexibility index (Phi) is 6.27. The van der Waals surface area contributed by atoms with Gasteiger partial charge in [-0.25, -0.2) is 4.98 Å². The molecular weight excluding hydrogens is 556 g/mol. The molecule has 0 unspecified atom stereocenters. The quantitative estimate of drug-likeness (QED) is 0.271. The second kappa shape index (κ2) is 10.1. The van der Waals surface area contributed by atoms with Crippen LogP contribution < -0.4 is 31.2 Å². The molecule has 0 saturated carbocycles. The minimum absolute atomic E-state index is 0.00717. The number of carbonyl (C=O) groups excluding carboxylic acids is 2. The molecule has 2 aliphatic rings. The maximum atomic E-state index is 13.9. The summed E-state index contributed by atoms with van der Waals surface area (Å²) in [5.74, 6) is 0.365. The number of hydrogen-bond acceptors (Lipinski definition) is 8. The molecular formula is C30H26N6O5S. The van der Waals surface area contributed by atoms with E-state index in [2.05, 4.69) is 10.6 Å². The topological polar surface area (TPSA) is 140 Å². The van der Waals surface area contributed by atoms with Gasteiger partial charge in [0.1, 0.15) is 21.8 Å². The van der Waals surface area contributed by atoms with Crippen molar-refractivity contribution < 1.29 is 19.1 Å². The van der Waals surface area contributed by atoms with Crippen LogP contribution in [-0.2, 0) is 19.4 Å². The number of amides is 2. The zero-order valence-electron chi connectivity index (χ0n) is 22.7. The molecule has 12 heteroatoms. The summed E-state index contributed by atoms with van der Waals surface area (Å²) in [6, 6.07) is 12.1. The van der Waals surface area contributed by atoms with Crippen LogP contribution in [-0.4, -0.2) is 39.6 Å². The molecule has 3 N–H and O–H groups in total. The van der Waals surface area contributed by atoms with Crippen LogP contribution in [0.2, 0.25) is 0 Å². The van der Waals surface area contributed by atoms with Crippen molar-refractivity contribution in [2.24, 2.45) is 0 Å². The third-order valence-corrected chi connectivity index (χ3v) is 8.90. The zero-order chi connectivity index (χ0) is 29.0. The number of nitrogens with one attached hydrogen (secondary N) is 3. The highest BCUT2D eigenvalue weighted by Crippen LogP contribution is 2.38. The molecule has 0 spiro atoms. The molecule has 7 rings (SSSR count). The van der Waals surface area contributed by atoms with Crippen LogP contribution in [0.25, 0.3) is 16.7 Å². The molecule has 1 aliphatic heterocycles. The third kappa shape index (κ3) is 4.22. The fourth-order valence-electron chi connectivity index (χ4n) is 5.63. The Balaban J connectivity index is 1.38. The molecule has 1 aromatic carbocycles. The fraction of sp³-hybridized carbons (Fsp3) is 0.233. The predicted octanol–water partition coefficient (Wildman–Crippen LogP) is 3.46. The number of aryl methyl sites for hydroxylation is 1. The average molecular weight is 583 g/mol. The van der Waals surface area contributed by atoms with Gasteiger partial charge >= 0.3 is 0 Å². The number of benzene rings is 1. The van der Waals surface area contributed by atoms with Crippen molar-refractivity contribution in [1.82, 2.24) is 19.3 Å². The van der Waals surface area contributed by atoms with Crippen LogP contribution in [0.5, 0.6) is 11.5 Å². The highest BCUT2D eigenvalue weighted by molar-refractivity contribution is 7.17. The number of hydrogen-bond donors (Lipinski definition) is 3. The normalized spacial score (nSPS) is 13.7. The summed E-state index contributed by atoms with van der Waals surface area (Å²) in [7, 11) is 1.57. The van der Waals surface area contributed by atoms with Crippen LogP contribution in [0.3, 0.4) is 0 Å². The summed E-state index contributed by atoms with van der Waals surface area (Å²) < 4.78 is 13.9. The number of rotatable bonds is 5. The lowest BCUT2D eigenvalue weighted by Gasteiger charge is -2.15. The van der Waals surface area contributed by atoms with Crippen molar-refractivity contribution in [3.8, 4) is 11.5 Å². The summed E-state index contributed by atoms with van der Waals surface area (Å²) >= 11 is 1.40. The molecule has 11 nitrogen and oxygen atoms in total. The summed E-state index contributed by atoms with van der Waals surface area (Å²) in [5.41, 5.74) is 2.44. The Morgan fingerprint density at radius 1 is 1.07 bits per heavy atom. The van der Waals surface area contributed by atoms with E-state index in [4.69, 9.17) is 19.9 Å². The second-order valence-corrected chi connectivity index (χ2v) is 11.3. The Morgan fingerprint density at radius 3 is 2.76 bits per heavy atom. The standard InChI is InChI=1S/C30H26N6O5S/c1-32-28(38)24-17-6-2-3-7-22(17)42-29(24)34-27(37)18-13-19-26(33-23-8-4-5-11-35(23)30(19)39)36(25(18)31)14-16-9-10-20-21(12-16)41-15-40-20/h4-5,8-13,31H,2-3,6-7,14-15H2,1H3,(H,32,38)(H,34,37). The van der Waals surface area contributed by atoms with Gasteiger partial charge in [-0.2, -0.15) is 0 Å². The molecule has 2 amide bonds. The number of ether oxygens (including phenoxy) is 2. The van der Waals surface area contributed by atoms with Gasteiger partial charge in [0.2, 0.25) is 6.79 Å². The van der Waals surface area contributed by atoms with Crippen molar-refractivity contribution in [3.63, 3.8) is 0 Å². The number of fused-ring (bicyclic) bond motifs is 4. The highest BCUT2D eigenvalue weighted by Gasteiger charge is 2.27. The first-order chi connectivity index (χ1) is 20.4. The number of aromatic nitrogens is 3. The maximum absolute atomic E-state index is 13.9. The van der Waals surface area contributed by atoms with Crippen LogP contribution in [0, 0.1) is 5.41 Å². The van der Waals surface area contributed by atoms with Crippen molar-refractivity contribution >= 4 is 44.8 Å². The van der Waals surface area contributed by atoms with E-state index < -0.39 is 5.91 Å².